The number of amides is 2. The van der Waals surface area contributed by atoms with Gasteiger partial charge in [0, 0.05) is 38.9 Å². The average Bonchev–Trinajstić information content (AvgIpc) is 3.23. The Hall–Kier alpha value is -2.37. The molecule has 0 spiro atoms. The van der Waals surface area contributed by atoms with Crippen LogP contribution in [0.5, 0.6) is 0 Å². The number of alkyl halides is 3. The zero-order valence-corrected chi connectivity index (χ0v) is 17.2. The number of rotatable bonds is 5. The van der Waals surface area contributed by atoms with Gasteiger partial charge in [-0.25, -0.2) is 9.78 Å². The number of nitrogens with one attached hydrogen (secondary N) is 1. The van der Waals surface area contributed by atoms with Gasteiger partial charge in [0.05, 0.1) is 15.5 Å². The Kier molecular flexibility index (Phi) is 7.16. The third-order valence-corrected chi connectivity index (χ3v) is 5.57. The lowest BCUT2D eigenvalue weighted by atomic mass is 10.2. The second kappa shape index (κ2) is 9.63. The number of hydrogen-bond donors (Lipinski definition) is 1. The molecular formula is C18H18ClF3N4O3S. The van der Waals surface area contributed by atoms with Crippen LogP contribution in [0, 0.1) is 0 Å². The molecule has 2 amide bonds. The molecule has 2 aromatic heterocycles. The highest BCUT2D eigenvalue weighted by Gasteiger charge is 2.32. The fraction of sp³-hybridized carbons (Fsp3) is 0.389. The number of thiophene rings is 1. The minimum atomic E-state index is -4.49. The van der Waals surface area contributed by atoms with E-state index in [-0.39, 0.29) is 11.6 Å². The van der Waals surface area contributed by atoms with E-state index in [1.807, 2.05) is 9.80 Å². The van der Waals surface area contributed by atoms with E-state index in [2.05, 4.69) is 10.3 Å². The van der Waals surface area contributed by atoms with E-state index in [0.717, 1.165) is 12.3 Å². The van der Waals surface area contributed by atoms with E-state index in [1.54, 1.807) is 17.5 Å². The maximum absolute atomic E-state index is 12.7. The molecule has 0 saturated carbocycles. The first-order valence-corrected chi connectivity index (χ1v) is 10.2. The molecule has 2 aromatic rings. The van der Waals surface area contributed by atoms with Crippen molar-refractivity contribution in [3.63, 3.8) is 0 Å². The lowest BCUT2D eigenvalue weighted by Crippen LogP contribution is -2.48. The SMILES string of the molecule is O=C(NC(=O)c1cccs1)OCCN1CCN(c2ncc(C(F)(F)F)cc2Cl)CC1. The molecule has 1 fully saturated rings. The number of ether oxygens (including phenoxy) is 1. The molecule has 1 saturated heterocycles. The molecule has 3 heterocycles. The first kappa shape index (κ1) is 22.3. The van der Waals surface area contributed by atoms with Gasteiger partial charge in [0.15, 0.2) is 0 Å². The summed E-state index contributed by atoms with van der Waals surface area (Å²) in [7, 11) is 0. The van der Waals surface area contributed by atoms with Crippen molar-refractivity contribution in [2.24, 2.45) is 0 Å². The molecule has 0 unspecified atom stereocenters. The lowest BCUT2D eigenvalue weighted by molar-refractivity contribution is -0.137. The number of aromatic nitrogens is 1. The number of hydrogen-bond acceptors (Lipinski definition) is 7. The first-order valence-electron chi connectivity index (χ1n) is 8.95. The predicted octanol–water partition coefficient (Wildman–Crippen LogP) is 3.50. The standard InChI is InChI=1S/C18H18ClF3N4O3S/c19-13-10-12(18(20,21)22)11-23-15(13)26-5-3-25(4-6-26)7-8-29-17(28)24-16(27)14-2-1-9-30-14/h1-2,9-11H,3-8H2,(H,24,27,28). The van der Waals surface area contributed by atoms with Gasteiger partial charge in [-0.1, -0.05) is 17.7 Å². The molecule has 7 nitrogen and oxygen atoms in total. The molecule has 162 valence electrons. The number of nitrogens with zero attached hydrogens (tertiary/aromatic N) is 3. The average molecular weight is 463 g/mol. The van der Waals surface area contributed by atoms with Crippen LogP contribution in [0.4, 0.5) is 23.8 Å². The quantitative estimate of drug-likeness (QED) is 0.733. The van der Waals surface area contributed by atoms with Crippen molar-refractivity contribution in [3.05, 3.63) is 45.2 Å². The molecule has 0 radical (unpaired) electrons. The van der Waals surface area contributed by atoms with Crippen molar-refractivity contribution < 1.29 is 27.5 Å². The number of piperazine rings is 1. The molecule has 0 atom stereocenters. The van der Waals surface area contributed by atoms with Crippen molar-refractivity contribution in [3.8, 4) is 0 Å². The number of halogens is 4. The third kappa shape index (κ3) is 5.83. The fourth-order valence-corrected chi connectivity index (χ4v) is 3.77. The third-order valence-electron chi connectivity index (χ3n) is 4.42. The van der Waals surface area contributed by atoms with Gasteiger partial charge >= 0.3 is 12.3 Å². The van der Waals surface area contributed by atoms with Crippen LogP contribution in [-0.4, -0.2) is 61.2 Å². The number of carbonyl (C=O) groups is 2. The van der Waals surface area contributed by atoms with E-state index < -0.39 is 23.7 Å². The molecule has 0 aliphatic carbocycles. The Morgan fingerprint density at radius 3 is 2.60 bits per heavy atom. The van der Waals surface area contributed by atoms with Gasteiger partial charge in [0.2, 0.25) is 0 Å². The predicted molar refractivity (Wildman–Crippen MR) is 106 cm³/mol. The lowest BCUT2D eigenvalue weighted by Gasteiger charge is -2.35. The number of alkyl carbamates (subject to hydrolysis) is 1. The normalized spacial score (nSPS) is 15.1. The van der Waals surface area contributed by atoms with E-state index in [0.29, 0.717) is 43.4 Å². The van der Waals surface area contributed by atoms with E-state index in [4.69, 9.17) is 16.3 Å². The first-order chi connectivity index (χ1) is 14.2. The van der Waals surface area contributed by atoms with Gasteiger partial charge in [0.1, 0.15) is 12.4 Å². The minimum Gasteiger partial charge on any atom is -0.448 e. The zero-order valence-electron chi connectivity index (χ0n) is 15.6. The summed E-state index contributed by atoms with van der Waals surface area (Å²) in [6, 6.07) is 4.18. The Morgan fingerprint density at radius 2 is 2.00 bits per heavy atom. The van der Waals surface area contributed by atoms with Crippen molar-refractivity contribution >= 4 is 40.8 Å². The summed E-state index contributed by atoms with van der Waals surface area (Å²) in [5.74, 6) is -0.198. The Labute approximate surface area is 179 Å². The van der Waals surface area contributed by atoms with Crippen molar-refractivity contribution in [1.82, 2.24) is 15.2 Å². The summed E-state index contributed by atoms with van der Waals surface area (Å²) in [4.78, 5) is 31.6. The summed E-state index contributed by atoms with van der Waals surface area (Å²) >= 11 is 7.21. The maximum Gasteiger partial charge on any atom is 0.417 e. The van der Waals surface area contributed by atoms with Crippen LogP contribution in [0.25, 0.3) is 0 Å². The summed E-state index contributed by atoms with van der Waals surface area (Å²) in [6.45, 7) is 2.78. The summed E-state index contributed by atoms with van der Waals surface area (Å²) in [5, 5.41) is 3.83. The van der Waals surface area contributed by atoms with Crippen molar-refractivity contribution in [2.45, 2.75) is 6.18 Å². The summed E-state index contributed by atoms with van der Waals surface area (Å²) in [6.07, 6.45) is -4.53. The monoisotopic (exact) mass is 462 g/mol. The van der Waals surface area contributed by atoms with Crippen LogP contribution < -0.4 is 10.2 Å². The van der Waals surface area contributed by atoms with Crippen LogP contribution in [0.15, 0.2) is 29.8 Å². The number of pyridine rings is 1. The largest absolute Gasteiger partial charge is 0.448 e. The number of imide groups is 1. The molecule has 1 N–H and O–H groups in total. The van der Waals surface area contributed by atoms with Gasteiger partial charge < -0.3 is 9.64 Å². The molecule has 0 aromatic carbocycles. The Morgan fingerprint density at radius 1 is 1.27 bits per heavy atom. The summed E-state index contributed by atoms with van der Waals surface area (Å²) in [5.41, 5.74) is -0.886. The van der Waals surface area contributed by atoms with Crippen LogP contribution in [-0.2, 0) is 10.9 Å². The highest BCUT2D eigenvalue weighted by Crippen LogP contribution is 2.33. The van der Waals surface area contributed by atoms with Gasteiger partial charge in [-0.15, -0.1) is 11.3 Å². The van der Waals surface area contributed by atoms with Gasteiger partial charge in [-0.2, -0.15) is 13.2 Å². The van der Waals surface area contributed by atoms with Crippen LogP contribution in [0.2, 0.25) is 5.02 Å². The van der Waals surface area contributed by atoms with E-state index >= 15 is 0 Å². The fourth-order valence-electron chi connectivity index (χ4n) is 2.87. The van der Waals surface area contributed by atoms with E-state index in [1.165, 1.54) is 11.3 Å². The molecular weight excluding hydrogens is 445 g/mol. The van der Waals surface area contributed by atoms with Crippen LogP contribution >= 0.6 is 22.9 Å². The minimum absolute atomic E-state index is 0.0475. The summed E-state index contributed by atoms with van der Waals surface area (Å²) < 4.78 is 43.2. The van der Waals surface area contributed by atoms with Crippen molar-refractivity contribution in [1.29, 1.82) is 0 Å². The zero-order chi connectivity index (χ0) is 21.7. The number of carbonyl (C=O) groups excluding carboxylic acids is 2. The highest BCUT2D eigenvalue weighted by atomic mass is 35.5. The molecule has 3 rings (SSSR count). The van der Waals surface area contributed by atoms with Gasteiger partial charge in [-0.3, -0.25) is 15.0 Å². The molecule has 1 aliphatic rings. The van der Waals surface area contributed by atoms with Gasteiger partial charge in [-0.05, 0) is 17.5 Å². The smallest absolute Gasteiger partial charge is 0.417 e. The van der Waals surface area contributed by atoms with Gasteiger partial charge in [0.25, 0.3) is 5.91 Å². The molecule has 1 aliphatic heterocycles. The molecule has 0 bridgehead atoms. The van der Waals surface area contributed by atoms with Crippen LogP contribution in [0.1, 0.15) is 15.2 Å². The second-order valence-electron chi connectivity index (χ2n) is 6.42. The maximum atomic E-state index is 12.7. The molecule has 30 heavy (non-hydrogen) atoms. The highest BCUT2D eigenvalue weighted by molar-refractivity contribution is 7.12. The Bertz CT molecular complexity index is 887. The Balaban J connectivity index is 1.40. The second-order valence-corrected chi connectivity index (χ2v) is 7.78. The number of anilines is 1. The topological polar surface area (TPSA) is 74.8 Å². The van der Waals surface area contributed by atoms with Crippen molar-refractivity contribution in [2.75, 3.05) is 44.2 Å². The molecule has 12 heteroatoms. The van der Waals surface area contributed by atoms with E-state index in [9.17, 15) is 22.8 Å². The van der Waals surface area contributed by atoms with Crippen LogP contribution in [0.3, 0.4) is 0 Å².